The Kier molecular flexibility index (Phi) is 5.21. The monoisotopic (exact) mass is 420 g/mol. The Balaban J connectivity index is 1.59. The lowest BCUT2D eigenvalue weighted by atomic mass is 10.0. The zero-order valence-electron chi connectivity index (χ0n) is 17.1. The third-order valence-electron chi connectivity index (χ3n) is 5.82. The number of ether oxygens (including phenoxy) is 1. The van der Waals surface area contributed by atoms with Crippen molar-refractivity contribution in [1.29, 1.82) is 0 Å². The van der Waals surface area contributed by atoms with Crippen LogP contribution in [0.1, 0.15) is 12.0 Å². The normalized spacial score (nSPS) is 16.9. The first kappa shape index (κ1) is 19.8. The van der Waals surface area contributed by atoms with Gasteiger partial charge in [0.2, 0.25) is 0 Å². The van der Waals surface area contributed by atoms with Gasteiger partial charge in [0, 0.05) is 56.5 Å². The highest BCUT2D eigenvalue weighted by molar-refractivity contribution is 5.92. The van der Waals surface area contributed by atoms with Crippen molar-refractivity contribution in [2.24, 2.45) is 0 Å². The smallest absolute Gasteiger partial charge is 0.159 e. The fraction of sp³-hybridized carbons (Fsp3) is 0.250. The summed E-state index contributed by atoms with van der Waals surface area (Å²) in [6, 6.07) is 11.8. The summed E-state index contributed by atoms with van der Waals surface area (Å²) in [4.78, 5) is 6.46. The molecule has 1 aliphatic rings. The Morgan fingerprint density at radius 3 is 2.61 bits per heavy atom. The average Bonchev–Trinajstić information content (AvgIpc) is 3.40. The van der Waals surface area contributed by atoms with Crippen LogP contribution in [0.15, 0.2) is 61.1 Å². The molecule has 0 aliphatic carbocycles. The number of benzene rings is 1. The maximum atomic E-state index is 14.0. The van der Waals surface area contributed by atoms with E-state index in [0.29, 0.717) is 11.3 Å². The van der Waals surface area contributed by atoms with E-state index >= 15 is 0 Å². The first-order valence-electron chi connectivity index (χ1n) is 10.2. The van der Waals surface area contributed by atoms with Crippen molar-refractivity contribution in [3.63, 3.8) is 0 Å². The van der Waals surface area contributed by atoms with Crippen molar-refractivity contribution in [2.45, 2.75) is 19.1 Å². The van der Waals surface area contributed by atoms with Gasteiger partial charge in [0.15, 0.2) is 11.6 Å². The van der Waals surface area contributed by atoms with E-state index in [1.54, 1.807) is 25.6 Å². The second kappa shape index (κ2) is 8.17. The van der Waals surface area contributed by atoms with Gasteiger partial charge in [-0.15, -0.1) is 0 Å². The molecule has 7 heteroatoms. The van der Waals surface area contributed by atoms with Gasteiger partial charge < -0.3 is 4.74 Å². The Morgan fingerprint density at radius 1 is 1.03 bits per heavy atom. The van der Waals surface area contributed by atoms with Crippen LogP contribution in [0.4, 0.5) is 8.78 Å². The summed E-state index contributed by atoms with van der Waals surface area (Å²) < 4.78 is 34.8. The van der Waals surface area contributed by atoms with E-state index in [9.17, 15) is 8.78 Å². The molecule has 5 rings (SSSR count). The van der Waals surface area contributed by atoms with E-state index in [4.69, 9.17) is 9.84 Å². The Morgan fingerprint density at radius 2 is 1.87 bits per heavy atom. The second-order valence-corrected chi connectivity index (χ2v) is 7.84. The van der Waals surface area contributed by atoms with Gasteiger partial charge in [-0.3, -0.25) is 9.88 Å². The van der Waals surface area contributed by atoms with Crippen LogP contribution in [0.2, 0.25) is 0 Å². The van der Waals surface area contributed by atoms with Gasteiger partial charge in [0.25, 0.3) is 0 Å². The number of methoxy groups -OCH3 is 1. The minimum atomic E-state index is -0.891. The average molecular weight is 420 g/mol. The Labute approximate surface area is 178 Å². The minimum absolute atomic E-state index is 0.284. The lowest BCUT2D eigenvalue weighted by molar-refractivity contribution is 0.107. The zero-order valence-corrected chi connectivity index (χ0v) is 17.1. The Hall–Kier alpha value is -3.16. The fourth-order valence-corrected chi connectivity index (χ4v) is 4.23. The number of halogens is 2. The molecule has 1 aliphatic heterocycles. The van der Waals surface area contributed by atoms with Crippen LogP contribution in [0.25, 0.3) is 27.9 Å². The first-order valence-corrected chi connectivity index (χ1v) is 10.2. The highest BCUT2D eigenvalue weighted by Crippen LogP contribution is 2.35. The van der Waals surface area contributed by atoms with Crippen LogP contribution >= 0.6 is 0 Å². The van der Waals surface area contributed by atoms with E-state index in [-0.39, 0.29) is 6.10 Å². The molecule has 0 spiro atoms. The molecule has 0 amide bonds. The van der Waals surface area contributed by atoms with Crippen molar-refractivity contribution in [1.82, 2.24) is 19.5 Å². The molecule has 0 radical (unpaired) electrons. The van der Waals surface area contributed by atoms with Crippen molar-refractivity contribution < 1.29 is 13.5 Å². The molecule has 4 aromatic rings. The van der Waals surface area contributed by atoms with E-state index in [1.165, 1.54) is 6.07 Å². The molecule has 0 bridgehead atoms. The summed E-state index contributed by atoms with van der Waals surface area (Å²) in [7, 11) is 1.75. The van der Waals surface area contributed by atoms with Crippen molar-refractivity contribution in [2.75, 3.05) is 20.2 Å². The van der Waals surface area contributed by atoms with Crippen LogP contribution in [0, 0.1) is 11.6 Å². The highest BCUT2D eigenvalue weighted by atomic mass is 19.2. The number of aromatic nitrogens is 3. The molecule has 4 heterocycles. The molecular weight excluding hydrogens is 398 g/mol. The molecule has 3 aromatic heterocycles. The van der Waals surface area contributed by atoms with Crippen molar-refractivity contribution in [3.05, 3.63) is 78.3 Å². The van der Waals surface area contributed by atoms with Crippen molar-refractivity contribution in [3.8, 4) is 22.4 Å². The Bertz CT molecular complexity index is 1230. The van der Waals surface area contributed by atoms with Gasteiger partial charge in [-0.2, -0.15) is 5.10 Å². The fourth-order valence-electron chi connectivity index (χ4n) is 4.23. The molecule has 1 aromatic carbocycles. The van der Waals surface area contributed by atoms with Gasteiger partial charge in [0.05, 0.1) is 11.6 Å². The number of nitrogens with zero attached hydrogens (tertiary/aromatic N) is 4. The lowest BCUT2D eigenvalue weighted by Gasteiger charge is -2.15. The largest absolute Gasteiger partial charge is 0.380 e. The number of rotatable bonds is 5. The number of likely N-dealkylation sites (tertiary alicyclic amines) is 1. The maximum absolute atomic E-state index is 14.0. The SMILES string of the molecule is CO[C@@H]1CCN(Cc2ccc3c(-c4ccncc4)c(-c4ccc(F)c(F)c4)nn3c2)C1. The van der Waals surface area contributed by atoms with Gasteiger partial charge in [-0.05, 0) is 53.9 Å². The number of hydrogen-bond donors (Lipinski definition) is 0. The molecule has 0 unspecified atom stereocenters. The second-order valence-electron chi connectivity index (χ2n) is 7.84. The number of fused-ring (bicyclic) bond motifs is 1. The van der Waals surface area contributed by atoms with E-state index in [0.717, 1.165) is 54.3 Å². The quantitative estimate of drug-likeness (QED) is 0.475. The predicted octanol–water partition coefficient (Wildman–Crippen LogP) is 4.56. The number of pyridine rings is 2. The molecule has 1 fully saturated rings. The van der Waals surface area contributed by atoms with Crippen LogP contribution in [0.5, 0.6) is 0 Å². The molecule has 158 valence electrons. The maximum Gasteiger partial charge on any atom is 0.159 e. The van der Waals surface area contributed by atoms with E-state index in [1.807, 2.05) is 28.9 Å². The molecular formula is C24H22F2N4O. The molecule has 1 saturated heterocycles. The van der Waals surface area contributed by atoms with Crippen molar-refractivity contribution >= 4 is 5.52 Å². The topological polar surface area (TPSA) is 42.7 Å². The predicted molar refractivity (Wildman–Crippen MR) is 114 cm³/mol. The summed E-state index contributed by atoms with van der Waals surface area (Å²) in [5, 5.41) is 4.76. The van der Waals surface area contributed by atoms with Gasteiger partial charge in [-0.25, -0.2) is 13.3 Å². The van der Waals surface area contributed by atoms with Crippen LogP contribution in [-0.4, -0.2) is 45.8 Å². The molecule has 0 N–H and O–H groups in total. The van der Waals surface area contributed by atoms with Crippen LogP contribution < -0.4 is 0 Å². The summed E-state index contributed by atoms with van der Waals surface area (Å²) in [6.07, 6.45) is 6.74. The molecule has 0 saturated carbocycles. The van der Waals surface area contributed by atoms with E-state index in [2.05, 4.69) is 16.0 Å². The zero-order chi connectivity index (χ0) is 21.4. The molecule has 31 heavy (non-hydrogen) atoms. The van der Waals surface area contributed by atoms with Gasteiger partial charge in [-0.1, -0.05) is 6.07 Å². The van der Waals surface area contributed by atoms with Gasteiger partial charge >= 0.3 is 0 Å². The highest BCUT2D eigenvalue weighted by Gasteiger charge is 2.23. The summed E-state index contributed by atoms with van der Waals surface area (Å²) in [5.41, 5.74) is 4.93. The lowest BCUT2D eigenvalue weighted by Crippen LogP contribution is -2.22. The summed E-state index contributed by atoms with van der Waals surface area (Å²) in [5.74, 6) is -1.77. The third kappa shape index (κ3) is 3.82. The minimum Gasteiger partial charge on any atom is -0.380 e. The van der Waals surface area contributed by atoms with Crippen LogP contribution in [0.3, 0.4) is 0 Å². The molecule has 1 atom stereocenters. The summed E-state index contributed by atoms with van der Waals surface area (Å²) >= 11 is 0. The summed E-state index contributed by atoms with van der Waals surface area (Å²) in [6.45, 7) is 2.72. The molecule has 5 nitrogen and oxygen atoms in total. The number of hydrogen-bond acceptors (Lipinski definition) is 4. The van der Waals surface area contributed by atoms with Gasteiger partial charge in [0.1, 0.15) is 5.69 Å². The first-order chi connectivity index (χ1) is 15.1. The van der Waals surface area contributed by atoms with E-state index < -0.39 is 11.6 Å². The standard InChI is InChI=1S/C24H22F2N4O/c1-31-19-8-11-29(15-19)13-16-2-5-22-23(17-6-9-27-10-7-17)24(28-30(22)14-16)18-3-4-20(25)21(26)12-18/h2-7,9-10,12,14,19H,8,11,13,15H2,1H3/t19-/m1/s1. The third-order valence-corrected chi connectivity index (χ3v) is 5.82. The van der Waals surface area contributed by atoms with Crippen LogP contribution in [-0.2, 0) is 11.3 Å².